The average Bonchev–Trinajstić information content (AvgIpc) is 4.11. The van der Waals surface area contributed by atoms with Gasteiger partial charge in [-0.15, -0.1) is 0 Å². The summed E-state index contributed by atoms with van der Waals surface area (Å²) in [6.07, 6.45) is 1.03. The van der Waals surface area contributed by atoms with Crippen LogP contribution in [0.15, 0.2) is 224 Å². The lowest BCUT2D eigenvalue weighted by atomic mass is 9.80. The highest BCUT2D eigenvalue weighted by Crippen LogP contribution is 2.55. The normalized spacial score (nSPS) is 15.5. The Morgan fingerprint density at radius 2 is 0.712 bits per heavy atom. The van der Waals surface area contributed by atoms with Crippen molar-refractivity contribution in [3.8, 4) is 55.9 Å². The van der Waals surface area contributed by atoms with E-state index in [0.717, 1.165) is 17.8 Å². The number of aromatic nitrogens is 2. The lowest BCUT2D eigenvalue weighted by molar-refractivity contribution is 0.668. The summed E-state index contributed by atoms with van der Waals surface area (Å²) in [6, 6.07) is 84.6. The van der Waals surface area contributed by atoms with Crippen LogP contribution in [0.5, 0.6) is 0 Å². The molecular weight excluding hydrogens is 799 g/mol. The highest BCUT2D eigenvalue weighted by Gasteiger charge is 2.45. The SMILES string of the molecule is c1ccc2c(c1)CC1C2c2ccccc2N1c1ccc2c(c1)c1ccccc1n2-c1cc2c(cc1-n1c3ccccc3c3ccccc31)-c1ccccc1-c1ccccc1-c1ccccc1-2. The Kier molecular flexibility index (Phi) is 7.39. The molecule has 0 spiro atoms. The van der Waals surface area contributed by atoms with Crippen LogP contribution in [0, 0.1) is 0 Å². The third-order valence-corrected chi connectivity index (χ3v) is 15.1. The highest BCUT2D eigenvalue weighted by molar-refractivity contribution is 6.13. The molecule has 3 nitrogen and oxygen atoms in total. The van der Waals surface area contributed by atoms with Crippen molar-refractivity contribution in [3.05, 3.63) is 241 Å². The predicted molar refractivity (Wildman–Crippen MR) is 275 cm³/mol. The van der Waals surface area contributed by atoms with Gasteiger partial charge in [-0.1, -0.05) is 170 Å². The van der Waals surface area contributed by atoms with Crippen LogP contribution in [0.25, 0.3) is 99.5 Å². The van der Waals surface area contributed by atoms with Gasteiger partial charge < -0.3 is 14.0 Å². The maximum atomic E-state index is 2.65. The Hall–Kier alpha value is -8.40. The first-order chi connectivity index (χ1) is 32.8. The molecule has 0 radical (unpaired) electrons. The maximum absolute atomic E-state index is 2.65. The largest absolute Gasteiger partial charge is 0.337 e. The zero-order chi connectivity index (χ0) is 43.0. The van der Waals surface area contributed by atoms with Crippen molar-refractivity contribution < 1.29 is 0 Å². The van der Waals surface area contributed by atoms with E-state index in [1.54, 1.807) is 0 Å². The Balaban J connectivity index is 1.05. The number of nitrogens with zero attached hydrogens (tertiary/aromatic N) is 3. The number of hydrogen-bond acceptors (Lipinski definition) is 1. The van der Waals surface area contributed by atoms with Crippen LogP contribution in [0.2, 0.25) is 0 Å². The lowest BCUT2D eigenvalue weighted by Gasteiger charge is -2.27. The third-order valence-electron chi connectivity index (χ3n) is 15.1. The van der Waals surface area contributed by atoms with E-state index in [4.69, 9.17) is 0 Å². The van der Waals surface area contributed by atoms with Gasteiger partial charge >= 0.3 is 0 Å². The van der Waals surface area contributed by atoms with Crippen molar-refractivity contribution in [2.75, 3.05) is 4.90 Å². The summed E-state index contributed by atoms with van der Waals surface area (Å²) in [4.78, 5) is 2.65. The van der Waals surface area contributed by atoms with Gasteiger partial charge in [0.25, 0.3) is 0 Å². The molecule has 3 heteroatoms. The number of anilines is 2. The number of rotatable bonds is 3. The van der Waals surface area contributed by atoms with Gasteiger partial charge in [0.2, 0.25) is 0 Å². The molecule has 0 saturated carbocycles. The zero-order valence-corrected chi connectivity index (χ0v) is 36.1. The first-order valence-corrected chi connectivity index (χ1v) is 23.2. The molecule has 3 heterocycles. The second-order valence-electron chi connectivity index (χ2n) is 18.3. The molecule has 0 bridgehead atoms. The van der Waals surface area contributed by atoms with Gasteiger partial charge in [-0.3, -0.25) is 0 Å². The van der Waals surface area contributed by atoms with E-state index in [1.165, 1.54) is 116 Å². The fourth-order valence-corrected chi connectivity index (χ4v) is 12.5. The van der Waals surface area contributed by atoms with Crippen molar-refractivity contribution >= 4 is 55.0 Å². The van der Waals surface area contributed by atoms with E-state index < -0.39 is 0 Å². The van der Waals surface area contributed by atoms with Crippen LogP contribution in [0.3, 0.4) is 0 Å². The first kappa shape index (κ1) is 36.0. The van der Waals surface area contributed by atoms with E-state index in [-0.39, 0.29) is 0 Å². The summed E-state index contributed by atoms with van der Waals surface area (Å²) in [5.74, 6) is 0.354. The van der Waals surface area contributed by atoms with Crippen molar-refractivity contribution in [2.24, 2.45) is 0 Å². The van der Waals surface area contributed by atoms with Gasteiger partial charge in [-0.05, 0) is 122 Å². The Labute approximate surface area is 382 Å². The molecule has 12 aromatic rings. The molecule has 10 aromatic carbocycles. The van der Waals surface area contributed by atoms with E-state index in [2.05, 4.69) is 238 Å². The first-order valence-electron chi connectivity index (χ1n) is 23.2. The molecular formula is C63H41N3. The van der Waals surface area contributed by atoms with Gasteiger partial charge in [-0.25, -0.2) is 0 Å². The molecule has 66 heavy (non-hydrogen) atoms. The molecule has 0 N–H and O–H groups in total. The molecule has 3 aliphatic rings. The summed E-state index contributed by atoms with van der Waals surface area (Å²) >= 11 is 0. The highest BCUT2D eigenvalue weighted by atomic mass is 15.2. The Bertz CT molecular complexity index is 3960. The van der Waals surface area contributed by atoms with Crippen LogP contribution in [0.1, 0.15) is 22.6 Å². The minimum atomic E-state index is 0.328. The second-order valence-corrected chi connectivity index (χ2v) is 18.3. The molecule has 0 saturated heterocycles. The monoisotopic (exact) mass is 839 g/mol. The summed E-state index contributed by atoms with van der Waals surface area (Å²) in [7, 11) is 0. The third kappa shape index (κ3) is 4.86. The molecule has 308 valence electrons. The van der Waals surface area contributed by atoms with E-state index >= 15 is 0 Å². The maximum Gasteiger partial charge on any atom is 0.0709 e. The lowest BCUT2D eigenvalue weighted by Crippen LogP contribution is -2.28. The Morgan fingerprint density at radius 1 is 0.303 bits per heavy atom. The average molecular weight is 840 g/mol. The van der Waals surface area contributed by atoms with Gasteiger partial charge in [0.1, 0.15) is 0 Å². The van der Waals surface area contributed by atoms with Gasteiger partial charge in [-0.2, -0.15) is 0 Å². The van der Waals surface area contributed by atoms with Crippen molar-refractivity contribution in [1.82, 2.24) is 9.13 Å². The number of benzene rings is 10. The molecule has 2 atom stereocenters. The molecule has 2 unspecified atom stereocenters. The molecule has 0 amide bonds. The molecule has 15 rings (SSSR count). The molecule has 2 aliphatic carbocycles. The minimum absolute atomic E-state index is 0.328. The van der Waals surface area contributed by atoms with Crippen molar-refractivity contribution in [3.63, 3.8) is 0 Å². The Morgan fingerprint density at radius 3 is 1.26 bits per heavy atom. The van der Waals surface area contributed by atoms with E-state index in [9.17, 15) is 0 Å². The van der Waals surface area contributed by atoms with E-state index in [0.29, 0.717) is 12.0 Å². The van der Waals surface area contributed by atoms with Gasteiger partial charge in [0.15, 0.2) is 0 Å². The zero-order valence-electron chi connectivity index (χ0n) is 36.1. The van der Waals surface area contributed by atoms with Crippen LogP contribution < -0.4 is 4.90 Å². The smallest absolute Gasteiger partial charge is 0.0709 e. The van der Waals surface area contributed by atoms with Crippen molar-refractivity contribution in [1.29, 1.82) is 0 Å². The van der Waals surface area contributed by atoms with Crippen LogP contribution >= 0.6 is 0 Å². The fourth-order valence-electron chi connectivity index (χ4n) is 12.5. The van der Waals surface area contributed by atoms with Crippen LogP contribution in [-0.2, 0) is 6.42 Å². The van der Waals surface area contributed by atoms with Crippen LogP contribution in [0.4, 0.5) is 11.4 Å². The number of hydrogen-bond donors (Lipinski definition) is 0. The van der Waals surface area contributed by atoms with Gasteiger partial charge in [0, 0.05) is 44.9 Å². The summed E-state index contributed by atoms with van der Waals surface area (Å²) in [5.41, 5.74) is 23.8. The van der Waals surface area contributed by atoms with Crippen LogP contribution in [-0.4, -0.2) is 15.2 Å². The molecule has 0 fully saturated rings. The molecule has 2 aromatic heterocycles. The summed E-state index contributed by atoms with van der Waals surface area (Å²) in [6.45, 7) is 0. The number of fused-ring (bicyclic) bond motifs is 19. The topological polar surface area (TPSA) is 13.1 Å². The minimum Gasteiger partial charge on any atom is -0.337 e. The number of para-hydroxylation sites is 4. The quantitative estimate of drug-likeness (QED) is 0.173. The molecule has 1 aliphatic heterocycles. The van der Waals surface area contributed by atoms with Crippen molar-refractivity contribution in [2.45, 2.75) is 18.4 Å². The van der Waals surface area contributed by atoms with E-state index in [1.807, 2.05) is 0 Å². The fraction of sp³-hybridized carbons (Fsp3) is 0.0476. The second kappa shape index (κ2) is 13.6. The van der Waals surface area contributed by atoms with Gasteiger partial charge in [0.05, 0.1) is 33.4 Å². The summed E-state index contributed by atoms with van der Waals surface area (Å²) < 4.78 is 5.08. The predicted octanol–water partition coefficient (Wildman–Crippen LogP) is 16.1. The summed E-state index contributed by atoms with van der Waals surface area (Å²) in [5, 5.41) is 4.98. The standard InChI is InChI=1S/C63H41N3/c1-2-18-41-39(17-1)35-62-63(41)51-28-12-16-32-58(51)64(62)40-33-34-59-54(36-40)50-27-11-15-31-57(50)66(59)61-38-53-47-24-8-6-22-45(47)43-20-4-3-19-42(43)44-21-5-7-23-46(44)52(53)37-60(61)65-55-29-13-9-25-48(55)49-26-10-14-30-56(49)65/h1-34,36-38,62-63H,35H2.